The standard InChI is InChI=1S/C14H12BrClO/c1-10-8-12(6-7-13(10)15)17-9-11-4-2-3-5-14(11)16/h2-8H,9H2,1H3. The van der Waals surface area contributed by atoms with Crippen LogP contribution >= 0.6 is 27.5 Å². The molecule has 0 fully saturated rings. The molecule has 17 heavy (non-hydrogen) atoms. The fourth-order valence-electron chi connectivity index (χ4n) is 1.48. The Hall–Kier alpha value is -0.990. The van der Waals surface area contributed by atoms with Crippen LogP contribution in [0, 0.1) is 6.92 Å². The summed E-state index contributed by atoms with van der Waals surface area (Å²) >= 11 is 9.52. The van der Waals surface area contributed by atoms with Gasteiger partial charge in [0.1, 0.15) is 12.4 Å². The smallest absolute Gasteiger partial charge is 0.120 e. The molecule has 0 aliphatic heterocycles. The molecule has 0 aliphatic rings. The first-order valence-electron chi connectivity index (χ1n) is 5.29. The first kappa shape index (κ1) is 12.5. The summed E-state index contributed by atoms with van der Waals surface area (Å²) in [6.07, 6.45) is 0. The predicted octanol–water partition coefficient (Wildman–Crippen LogP) is 4.99. The topological polar surface area (TPSA) is 9.23 Å². The van der Waals surface area contributed by atoms with E-state index in [0.29, 0.717) is 6.61 Å². The normalized spacial score (nSPS) is 10.3. The maximum atomic E-state index is 6.06. The van der Waals surface area contributed by atoms with Crippen molar-refractivity contribution in [3.05, 3.63) is 63.1 Å². The molecule has 0 amide bonds. The number of hydrogen-bond acceptors (Lipinski definition) is 1. The molecule has 2 aromatic carbocycles. The molecule has 2 rings (SSSR count). The Balaban J connectivity index is 2.08. The SMILES string of the molecule is Cc1cc(OCc2ccccc2Cl)ccc1Br. The van der Waals surface area contributed by atoms with Crippen LogP contribution < -0.4 is 4.74 Å². The molecule has 0 heterocycles. The van der Waals surface area contributed by atoms with Crippen LogP contribution in [0.4, 0.5) is 0 Å². The monoisotopic (exact) mass is 310 g/mol. The zero-order valence-electron chi connectivity index (χ0n) is 9.41. The maximum Gasteiger partial charge on any atom is 0.120 e. The number of aryl methyl sites for hydroxylation is 1. The van der Waals surface area contributed by atoms with Crippen LogP contribution in [0.1, 0.15) is 11.1 Å². The minimum absolute atomic E-state index is 0.487. The van der Waals surface area contributed by atoms with Gasteiger partial charge in [0.2, 0.25) is 0 Å². The first-order valence-corrected chi connectivity index (χ1v) is 6.46. The molecule has 0 atom stereocenters. The van der Waals surface area contributed by atoms with E-state index in [1.807, 2.05) is 49.4 Å². The second-order valence-corrected chi connectivity index (χ2v) is 5.05. The number of rotatable bonds is 3. The van der Waals surface area contributed by atoms with E-state index in [1.54, 1.807) is 0 Å². The molecule has 88 valence electrons. The molecule has 0 N–H and O–H groups in total. The third-order valence-corrected chi connectivity index (χ3v) is 3.74. The molecular formula is C14H12BrClO. The Morgan fingerprint density at radius 3 is 2.65 bits per heavy atom. The average molecular weight is 312 g/mol. The van der Waals surface area contributed by atoms with Gasteiger partial charge in [0.25, 0.3) is 0 Å². The van der Waals surface area contributed by atoms with Crippen LogP contribution in [0.25, 0.3) is 0 Å². The number of halogens is 2. The highest BCUT2D eigenvalue weighted by Crippen LogP contribution is 2.23. The highest BCUT2D eigenvalue weighted by atomic mass is 79.9. The van der Waals surface area contributed by atoms with Crippen molar-refractivity contribution in [2.45, 2.75) is 13.5 Å². The third-order valence-electron chi connectivity index (χ3n) is 2.48. The Kier molecular flexibility index (Phi) is 4.08. The van der Waals surface area contributed by atoms with Gasteiger partial charge in [0, 0.05) is 15.1 Å². The molecule has 0 bridgehead atoms. The highest BCUT2D eigenvalue weighted by Gasteiger charge is 2.01. The summed E-state index contributed by atoms with van der Waals surface area (Å²) in [7, 11) is 0. The van der Waals surface area contributed by atoms with Crippen LogP contribution in [0.5, 0.6) is 5.75 Å². The van der Waals surface area contributed by atoms with E-state index >= 15 is 0 Å². The Labute approximate surface area is 115 Å². The second kappa shape index (κ2) is 5.56. The number of hydrogen-bond donors (Lipinski definition) is 0. The lowest BCUT2D eigenvalue weighted by atomic mass is 10.2. The van der Waals surface area contributed by atoms with E-state index in [0.717, 1.165) is 26.4 Å². The van der Waals surface area contributed by atoms with Crippen LogP contribution in [0.2, 0.25) is 5.02 Å². The largest absolute Gasteiger partial charge is 0.489 e. The zero-order chi connectivity index (χ0) is 12.3. The maximum absolute atomic E-state index is 6.06. The zero-order valence-corrected chi connectivity index (χ0v) is 11.8. The average Bonchev–Trinajstić information content (AvgIpc) is 2.32. The van der Waals surface area contributed by atoms with Crippen LogP contribution in [-0.2, 0) is 6.61 Å². The molecule has 3 heteroatoms. The van der Waals surface area contributed by atoms with Gasteiger partial charge >= 0.3 is 0 Å². The van der Waals surface area contributed by atoms with Gasteiger partial charge in [0.05, 0.1) is 0 Å². The molecule has 0 spiro atoms. The molecule has 0 aromatic heterocycles. The van der Waals surface area contributed by atoms with Crippen LogP contribution in [0.15, 0.2) is 46.9 Å². The lowest BCUT2D eigenvalue weighted by molar-refractivity contribution is 0.306. The van der Waals surface area contributed by atoms with E-state index in [-0.39, 0.29) is 0 Å². The molecule has 0 saturated heterocycles. The minimum Gasteiger partial charge on any atom is -0.489 e. The van der Waals surface area contributed by atoms with E-state index < -0.39 is 0 Å². The molecule has 0 aliphatic carbocycles. The Morgan fingerprint density at radius 2 is 1.94 bits per heavy atom. The summed E-state index contributed by atoms with van der Waals surface area (Å²) in [5.74, 6) is 0.852. The van der Waals surface area contributed by atoms with Gasteiger partial charge in [-0.3, -0.25) is 0 Å². The van der Waals surface area contributed by atoms with Crippen molar-refractivity contribution in [3.63, 3.8) is 0 Å². The predicted molar refractivity (Wildman–Crippen MR) is 74.7 cm³/mol. The third kappa shape index (κ3) is 3.24. The molecule has 2 aromatic rings. The summed E-state index contributed by atoms with van der Waals surface area (Å²) < 4.78 is 6.79. The van der Waals surface area contributed by atoms with E-state index in [2.05, 4.69) is 15.9 Å². The summed E-state index contributed by atoms with van der Waals surface area (Å²) in [6.45, 7) is 2.52. The lowest BCUT2D eigenvalue weighted by Crippen LogP contribution is -1.96. The van der Waals surface area contributed by atoms with Gasteiger partial charge in [-0.15, -0.1) is 0 Å². The van der Waals surface area contributed by atoms with Gasteiger partial charge < -0.3 is 4.74 Å². The van der Waals surface area contributed by atoms with Gasteiger partial charge in [-0.2, -0.15) is 0 Å². The summed E-state index contributed by atoms with van der Waals surface area (Å²) in [5.41, 5.74) is 2.15. The van der Waals surface area contributed by atoms with Crippen molar-refractivity contribution in [2.24, 2.45) is 0 Å². The summed E-state index contributed by atoms with van der Waals surface area (Å²) in [4.78, 5) is 0. The molecule has 1 nitrogen and oxygen atoms in total. The molecular weight excluding hydrogens is 300 g/mol. The van der Waals surface area contributed by atoms with Crippen LogP contribution in [0.3, 0.4) is 0 Å². The summed E-state index contributed by atoms with van der Waals surface area (Å²) in [6, 6.07) is 13.6. The van der Waals surface area contributed by atoms with E-state index in [9.17, 15) is 0 Å². The number of benzene rings is 2. The van der Waals surface area contributed by atoms with Gasteiger partial charge in [-0.1, -0.05) is 45.7 Å². The van der Waals surface area contributed by atoms with Crippen molar-refractivity contribution in [3.8, 4) is 5.75 Å². The minimum atomic E-state index is 0.487. The van der Waals surface area contributed by atoms with Crippen LogP contribution in [-0.4, -0.2) is 0 Å². The molecule has 0 radical (unpaired) electrons. The fourth-order valence-corrected chi connectivity index (χ4v) is 1.92. The van der Waals surface area contributed by atoms with E-state index in [1.165, 1.54) is 0 Å². The van der Waals surface area contributed by atoms with Crippen molar-refractivity contribution in [2.75, 3.05) is 0 Å². The Morgan fingerprint density at radius 1 is 1.18 bits per heavy atom. The quantitative estimate of drug-likeness (QED) is 0.776. The second-order valence-electron chi connectivity index (χ2n) is 3.79. The first-order chi connectivity index (χ1) is 8.16. The van der Waals surface area contributed by atoms with E-state index in [4.69, 9.17) is 16.3 Å². The molecule has 0 unspecified atom stereocenters. The van der Waals surface area contributed by atoms with Crippen molar-refractivity contribution in [1.29, 1.82) is 0 Å². The number of ether oxygens (including phenoxy) is 1. The summed E-state index contributed by atoms with van der Waals surface area (Å²) in [5, 5.41) is 0.737. The van der Waals surface area contributed by atoms with Crippen molar-refractivity contribution < 1.29 is 4.74 Å². The van der Waals surface area contributed by atoms with Crippen molar-refractivity contribution in [1.82, 2.24) is 0 Å². The van der Waals surface area contributed by atoms with Gasteiger partial charge in [-0.25, -0.2) is 0 Å². The fraction of sp³-hybridized carbons (Fsp3) is 0.143. The Bertz CT molecular complexity index is 525. The lowest BCUT2D eigenvalue weighted by Gasteiger charge is -2.08. The highest BCUT2D eigenvalue weighted by molar-refractivity contribution is 9.10. The van der Waals surface area contributed by atoms with Gasteiger partial charge in [-0.05, 0) is 36.8 Å². The van der Waals surface area contributed by atoms with Crippen molar-refractivity contribution >= 4 is 27.5 Å². The molecule has 0 saturated carbocycles. The van der Waals surface area contributed by atoms with Gasteiger partial charge in [0.15, 0.2) is 0 Å².